The molecule has 0 saturated heterocycles. The van der Waals surface area contributed by atoms with Crippen molar-refractivity contribution in [1.29, 1.82) is 0 Å². The lowest BCUT2D eigenvalue weighted by atomic mass is 9.72. The normalized spacial score (nSPS) is 14.4. The molecule has 0 bridgehead atoms. The maximum Gasteiger partial charge on any atom is 0.0465 e. The van der Waals surface area contributed by atoms with Gasteiger partial charge in [0.05, 0.1) is 0 Å². The minimum Gasteiger partial charge on any atom is -0.310 e. The first-order valence-corrected chi connectivity index (χ1v) is 30.2. The van der Waals surface area contributed by atoms with Crippen molar-refractivity contribution in [3.05, 3.63) is 262 Å². The highest BCUT2D eigenvalue weighted by atomic mass is 15.1. The van der Waals surface area contributed by atoms with E-state index in [-0.39, 0.29) is 16.2 Å². The number of fused-ring (bicyclic) bond motifs is 9. The molecular formula is C79H76N2. The molecule has 0 N–H and O–H groups in total. The van der Waals surface area contributed by atoms with Gasteiger partial charge in [-0.25, -0.2) is 0 Å². The number of nitrogens with zero attached hydrogens (tertiary/aromatic N) is 2. The van der Waals surface area contributed by atoms with Gasteiger partial charge in [-0.2, -0.15) is 0 Å². The van der Waals surface area contributed by atoms with Crippen LogP contribution in [0.5, 0.6) is 0 Å². The van der Waals surface area contributed by atoms with Crippen molar-refractivity contribution in [2.45, 2.75) is 124 Å². The molecule has 0 heterocycles. The Kier molecular flexibility index (Phi) is 13.0. The molecule has 0 atom stereocenters. The van der Waals surface area contributed by atoms with Gasteiger partial charge in [0.2, 0.25) is 0 Å². The number of aryl methyl sites for hydroxylation is 4. The summed E-state index contributed by atoms with van der Waals surface area (Å²) in [6.07, 6.45) is 6.18. The average Bonchev–Trinajstić information content (AvgIpc) is 4.09. The lowest BCUT2D eigenvalue weighted by molar-refractivity contribution is 0.490. The first kappa shape index (κ1) is 52.2. The highest BCUT2D eigenvalue weighted by Gasteiger charge is 2.44. The van der Waals surface area contributed by atoms with Gasteiger partial charge in [-0.05, 0) is 252 Å². The van der Waals surface area contributed by atoms with E-state index in [0.717, 1.165) is 38.5 Å². The van der Waals surface area contributed by atoms with Gasteiger partial charge in [0.15, 0.2) is 0 Å². The first-order chi connectivity index (χ1) is 39.4. The summed E-state index contributed by atoms with van der Waals surface area (Å²) in [5, 5.41) is 0. The highest BCUT2D eigenvalue weighted by molar-refractivity contribution is 5.92. The summed E-state index contributed by atoms with van der Waals surface area (Å²) >= 11 is 0. The Morgan fingerprint density at radius 1 is 0.222 bits per heavy atom. The Balaban J connectivity index is 0.841. The Morgan fingerprint density at radius 3 is 0.617 bits per heavy atom. The number of benzene rings is 10. The predicted molar refractivity (Wildman–Crippen MR) is 346 cm³/mol. The molecule has 13 rings (SSSR count). The molecule has 0 fully saturated rings. The zero-order valence-corrected chi connectivity index (χ0v) is 49.3. The van der Waals surface area contributed by atoms with E-state index in [1.54, 1.807) is 0 Å². The van der Waals surface area contributed by atoms with Gasteiger partial charge >= 0.3 is 0 Å². The lowest BCUT2D eigenvalue weighted by Crippen LogP contribution is -2.24. The third-order valence-electron chi connectivity index (χ3n) is 20.0. The Hall–Kier alpha value is -8.20. The fourth-order valence-corrected chi connectivity index (χ4v) is 15.2. The van der Waals surface area contributed by atoms with E-state index >= 15 is 0 Å². The van der Waals surface area contributed by atoms with Gasteiger partial charge < -0.3 is 9.80 Å². The van der Waals surface area contributed by atoms with Gasteiger partial charge in [0.25, 0.3) is 0 Å². The monoisotopic (exact) mass is 1050 g/mol. The molecule has 0 aromatic heterocycles. The summed E-state index contributed by atoms with van der Waals surface area (Å²) in [5.41, 5.74) is 34.0. The second kappa shape index (κ2) is 20.1. The van der Waals surface area contributed by atoms with Crippen LogP contribution in [0.15, 0.2) is 206 Å². The topological polar surface area (TPSA) is 6.48 Å². The molecular weight excluding hydrogens is 977 g/mol. The summed E-state index contributed by atoms with van der Waals surface area (Å²) in [5.74, 6) is 0. The zero-order valence-electron chi connectivity index (χ0n) is 49.3. The van der Waals surface area contributed by atoms with Crippen molar-refractivity contribution in [2.24, 2.45) is 0 Å². The molecule has 0 saturated carbocycles. The molecule has 2 heteroatoms. The van der Waals surface area contributed by atoms with E-state index in [1.807, 2.05) is 0 Å². The molecule has 402 valence electrons. The van der Waals surface area contributed by atoms with E-state index in [4.69, 9.17) is 0 Å². The molecule has 0 amide bonds. The van der Waals surface area contributed by atoms with Crippen LogP contribution in [0.1, 0.15) is 136 Å². The van der Waals surface area contributed by atoms with Crippen LogP contribution >= 0.6 is 0 Å². The van der Waals surface area contributed by atoms with Crippen molar-refractivity contribution >= 4 is 34.1 Å². The summed E-state index contributed by atoms with van der Waals surface area (Å²) < 4.78 is 0. The molecule has 0 unspecified atom stereocenters. The molecule has 3 aliphatic rings. The fourth-order valence-electron chi connectivity index (χ4n) is 15.2. The van der Waals surface area contributed by atoms with Gasteiger partial charge in [-0.3, -0.25) is 0 Å². The van der Waals surface area contributed by atoms with E-state index in [9.17, 15) is 0 Å². The van der Waals surface area contributed by atoms with E-state index < -0.39 is 0 Å². The molecule has 3 aliphatic carbocycles. The highest BCUT2D eigenvalue weighted by Crippen LogP contribution is 2.59. The Bertz CT molecular complexity index is 3680. The van der Waals surface area contributed by atoms with Crippen LogP contribution in [0.2, 0.25) is 0 Å². The maximum atomic E-state index is 2.57. The number of rotatable bonds is 14. The number of anilines is 6. The number of hydrogen-bond donors (Lipinski definition) is 0. The first-order valence-electron chi connectivity index (χ1n) is 30.2. The average molecular weight is 1050 g/mol. The predicted octanol–water partition coefficient (Wildman–Crippen LogP) is 22.5. The van der Waals surface area contributed by atoms with Gasteiger partial charge in [-0.1, -0.05) is 173 Å². The zero-order chi connectivity index (χ0) is 56.0. The largest absolute Gasteiger partial charge is 0.310 e. The molecule has 0 radical (unpaired) electrons. The Morgan fingerprint density at radius 2 is 0.407 bits per heavy atom. The summed E-state index contributed by atoms with van der Waals surface area (Å²) in [7, 11) is 0. The maximum absolute atomic E-state index is 2.57. The van der Waals surface area contributed by atoms with E-state index in [2.05, 4.69) is 285 Å². The van der Waals surface area contributed by atoms with Crippen molar-refractivity contribution < 1.29 is 0 Å². The van der Waals surface area contributed by atoms with Crippen LogP contribution in [-0.2, 0) is 16.2 Å². The summed E-state index contributed by atoms with van der Waals surface area (Å²) in [6, 6.07) is 80.0. The minimum atomic E-state index is -0.106. The summed E-state index contributed by atoms with van der Waals surface area (Å²) in [4.78, 5) is 4.86. The van der Waals surface area contributed by atoms with Crippen LogP contribution in [0.25, 0.3) is 55.6 Å². The second-order valence-corrected chi connectivity index (χ2v) is 23.9. The summed E-state index contributed by atoms with van der Waals surface area (Å²) in [6.45, 7) is 23.1. The number of hydrogen-bond acceptors (Lipinski definition) is 2. The van der Waals surface area contributed by atoms with Crippen LogP contribution in [0.3, 0.4) is 0 Å². The minimum absolute atomic E-state index is 0.0991. The molecule has 0 spiro atoms. The van der Waals surface area contributed by atoms with Crippen molar-refractivity contribution in [3.8, 4) is 55.6 Å². The SMILES string of the molecule is CCC1(CC)c2cc(-c3ccc4c(c3)C(CC)(CC)c3cc(N(c5ccc(C)cc5)c5ccc(C)cc5)ccc3-4)ccc2-c2ccc(-c3ccc4c(c3)C(CC)(CC)c3cc(N(c5ccc(C)cc5)c5ccc(C)cc5)ccc3-4)cc21. The third kappa shape index (κ3) is 8.10. The van der Waals surface area contributed by atoms with Gasteiger partial charge in [-0.15, -0.1) is 0 Å². The third-order valence-corrected chi connectivity index (χ3v) is 20.0. The van der Waals surface area contributed by atoms with Crippen molar-refractivity contribution in [1.82, 2.24) is 0 Å². The molecule has 10 aromatic carbocycles. The standard InChI is InChI=1S/C79H76N2/c1-11-77(12-2)71-45-55(57-27-41-67-69-43-37-63(49-75(69)78(13-3,14-4)73(67)47-57)80(59-29-17-51(7)18-30-59)60-31-19-52(8)20-32-60)25-39-65(71)66-40-26-56(46-72(66)77)58-28-42-68-70-44-38-64(50-76(70)79(15-5,16-6)74(68)48-58)81(61-33-21-53(9)22-34-61)62-35-23-54(10)24-36-62/h17-50H,11-16H2,1-10H3. The van der Waals surface area contributed by atoms with Gasteiger partial charge in [0, 0.05) is 50.4 Å². The van der Waals surface area contributed by atoms with Crippen LogP contribution in [-0.4, -0.2) is 0 Å². The van der Waals surface area contributed by atoms with Gasteiger partial charge in [0.1, 0.15) is 0 Å². The smallest absolute Gasteiger partial charge is 0.0465 e. The van der Waals surface area contributed by atoms with Crippen LogP contribution < -0.4 is 9.80 Å². The van der Waals surface area contributed by atoms with Crippen LogP contribution in [0.4, 0.5) is 34.1 Å². The van der Waals surface area contributed by atoms with Crippen molar-refractivity contribution in [3.63, 3.8) is 0 Å². The van der Waals surface area contributed by atoms with Crippen LogP contribution in [0, 0.1) is 27.7 Å². The molecule has 0 aliphatic heterocycles. The Labute approximate surface area is 482 Å². The molecule has 10 aromatic rings. The van der Waals surface area contributed by atoms with E-state index in [0.29, 0.717) is 0 Å². The fraction of sp³-hybridized carbons (Fsp3) is 0.241. The van der Waals surface area contributed by atoms with E-state index in [1.165, 1.54) is 145 Å². The lowest BCUT2D eigenvalue weighted by Gasteiger charge is -2.32. The molecule has 81 heavy (non-hydrogen) atoms. The quantitative estimate of drug-likeness (QED) is 0.107. The second-order valence-electron chi connectivity index (χ2n) is 23.9. The van der Waals surface area contributed by atoms with Crippen molar-refractivity contribution in [2.75, 3.05) is 9.80 Å². The molecule has 2 nitrogen and oxygen atoms in total.